The van der Waals surface area contributed by atoms with Crippen LogP contribution < -0.4 is 10.6 Å². The first kappa shape index (κ1) is 17.7. The van der Waals surface area contributed by atoms with E-state index >= 15 is 0 Å². The van der Waals surface area contributed by atoms with E-state index in [0.717, 1.165) is 13.0 Å². The van der Waals surface area contributed by atoms with Crippen LogP contribution in [0.2, 0.25) is 0 Å². The molecule has 2 N–H and O–H groups in total. The Morgan fingerprint density at radius 2 is 1.69 bits per heavy atom. The Morgan fingerprint density at radius 3 is 2.50 bits per heavy atom. The zero-order chi connectivity index (χ0) is 18.4. The predicted molar refractivity (Wildman–Crippen MR) is 103 cm³/mol. The van der Waals surface area contributed by atoms with Crippen LogP contribution in [0.5, 0.6) is 0 Å². The van der Waals surface area contributed by atoms with Gasteiger partial charge in [-0.1, -0.05) is 36.4 Å². The van der Waals surface area contributed by atoms with Gasteiger partial charge >= 0.3 is 0 Å². The van der Waals surface area contributed by atoms with E-state index in [1.54, 1.807) is 24.3 Å². The number of nitrogens with zero attached hydrogens (tertiary/aromatic N) is 1. The van der Waals surface area contributed by atoms with Gasteiger partial charge in [0, 0.05) is 29.9 Å². The average Bonchev–Trinajstić information content (AvgIpc) is 2.99. The zero-order valence-electron chi connectivity index (χ0n) is 14.9. The number of carbonyl (C=O) groups is 2. The van der Waals surface area contributed by atoms with Gasteiger partial charge in [-0.05, 0) is 43.0 Å². The van der Waals surface area contributed by atoms with E-state index in [-0.39, 0.29) is 18.4 Å². The van der Waals surface area contributed by atoms with Gasteiger partial charge in [-0.15, -0.1) is 0 Å². The maximum Gasteiger partial charge on any atom is 0.251 e. The van der Waals surface area contributed by atoms with Crippen molar-refractivity contribution in [1.82, 2.24) is 15.2 Å². The van der Waals surface area contributed by atoms with Crippen molar-refractivity contribution in [3.8, 4) is 0 Å². The number of rotatable bonds is 7. The Kier molecular flexibility index (Phi) is 5.69. The normalized spacial score (nSPS) is 10.7. The number of amides is 2. The summed E-state index contributed by atoms with van der Waals surface area (Å²) >= 11 is 0. The number of aryl methyl sites for hydroxylation is 2. The Morgan fingerprint density at radius 1 is 0.962 bits per heavy atom. The highest BCUT2D eigenvalue weighted by Crippen LogP contribution is 2.19. The van der Waals surface area contributed by atoms with Crippen LogP contribution >= 0.6 is 0 Å². The highest BCUT2D eigenvalue weighted by molar-refractivity contribution is 5.96. The molecule has 1 aromatic heterocycles. The fourth-order valence-electron chi connectivity index (χ4n) is 3.02. The number of hydrogen-bond acceptors (Lipinski definition) is 2. The van der Waals surface area contributed by atoms with Crippen molar-refractivity contribution in [2.45, 2.75) is 19.9 Å². The second-order valence-electron chi connectivity index (χ2n) is 6.25. The van der Waals surface area contributed by atoms with Crippen molar-refractivity contribution in [2.75, 3.05) is 13.1 Å². The molecule has 0 unspecified atom stereocenters. The highest BCUT2D eigenvalue weighted by atomic mass is 16.2. The van der Waals surface area contributed by atoms with Crippen molar-refractivity contribution in [3.05, 3.63) is 71.9 Å². The SMILES string of the molecule is Cc1cc2ccccc2n1CCCNC(=O)CNC(=O)c1ccccc1. The summed E-state index contributed by atoms with van der Waals surface area (Å²) in [6, 6.07) is 19.3. The van der Waals surface area contributed by atoms with Gasteiger partial charge in [0.2, 0.25) is 5.91 Å². The van der Waals surface area contributed by atoms with Crippen molar-refractivity contribution in [1.29, 1.82) is 0 Å². The molecule has 26 heavy (non-hydrogen) atoms. The van der Waals surface area contributed by atoms with Crippen molar-refractivity contribution in [3.63, 3.8) is 0 Å². The summed E-state index contributed by atoms with van der Waals surface area (Å²) in [5.74, 6) is -0.418. The van der Waals surface area contributed by atoms with Crippen molar-refractivity contribution < 1.29 is 9.59 Å². The highest BCUT2D eigenvalue weighted by Gasteiger charge is 2.08. The summed E-state index contributed by atoms with van der Waals surface area (Å²) in [6.07, 6.45) is 0.831. The number of aromatic nitrogens is 1. The van der Waals surface area contributed by atoms with Gasteiger partial charge in [-0.25, -0.2) is 0 Å². The van der Waals surface area contributed by atoms with E-state index in [9.17, 15) is 9.59 Å². The average molecular weight is 349 g/mol. The minimum absolute atomic E-state index is 0.0147. The summed E-state index contributed by atoms with van der Waals surface area (Å²) in [5, 5.41) is 6.72. The molecule has 0 aliphatic carbocycles. The van der Waals surface area contributed by atoms with E-state index in [4.69, 9.17) is 0 Å². The second-order valence-corrected chi connectivity index (χ2v) is 6.25. The van der Waals surface area contributed by atoms with Crippen LogP contribution in [0.15, 0.2) is 60.7 Å². The van der Waals surface area contributed by atoms with Gasteiger partial charge < -0.3 is 15.2 Å². The van der Waals surface area contributed by atoms with Crippen LogP contribution in [0.25, 0.3) is 10.9 Å². The lowest BCUT2D eigenvalue weighted by molar-refractivity contribution is -0.120. The number of carbonyl (C=O) groups excluding carboxylic acids is 2. The molecule has 0 bridgehead atoms. The van der Waals surface area contributed by atoms with Crippen LogP contribution in [0.3, 0.4) is 0 Å². The third-order valence-electron chi connectivity index (χ3n) is 4.34. The largest absolute Gasteiger partial charge is 0.355 e. The molecule has 134 valence electrons. The topological polar surface area (TPSA) is 63.1 Å². The maximum atomic E-state index is 11.9. The molecular formula is C21H23N3O2. The molecule has 5 heteroatoms. The molecule has 3 aromatic rings. The Labute approximate surface area is 153 Å². The summed E-state index contributed by atoms with van der Waals surface area (Å²) < 4.78 is 2.26. The molecule has 2 amide bonds. The Bertz CT molecular complexity index is 900. The van der Waals surface area contributed by atoms with Crippen molar-refractivity contribution in [2.24, 2.45) is 0 Å². The van der Waals surface area contributed by atoms with Crippen LogP contribution in [0.4, 0.5) is 0 Å². The molecule has 0 aliphatic rings. The minimum Gasteiger partial charge on any atom is -0.355 e. The number of para-hydroxylation sites is 1. The first-order valence-corrected chi connectivity index (χ1v) is 8.80. The predicted octanol–water partition coefficient (Wildman–Crippen LogP) is 2.89. The van der Waals surface area contributed by atoms with Gasteiger partial charge in [0.05, 0.1) is 6.54 Å². The lowest BCUT2D eigenvalue weighted by atomic mass is 10.2. The van der Waals surface area contributed by atoms with Gasteiger partial charge in [0.25, 0.3) is 5.91 Å². The monoisotopic (exact) mass is 349 g/mol. The molecule has 0 saturated carbocycles. The van der Waals surface area contributed by atoms with Crippen LogP contribution in [-0.4, -0.2) is 29.5 Å². The minimum atomic E-state index is -0.241. The third kappa shape index (κ3) is 4.30. The summed E-state index contributed by atoms with van der Waals surface area (Å²) in [4.78, 5) is 23.8. The molecule has 2 aromatic carbocycles. The van der Waals surface area contributed by atoms with E-state index in [2.05, 4.69) is 40.3 Å². The molecular weight excluding hydrogens is 326 g/mol. The first-order valence-electron chi connectivity index (χ1n) is 8.80. The fraction of sp³-hybridized carbons (Fsp3) is 0.238. The van der Waals surface area contributed by atoms with Gasteiger partial charge in [-0.3, -0.25) is 9.59 Å². The van der Waals surface area contributed by atoms with E-state index in [1.807, 2.05) is 18.2 Å². The summed E-state index contributed by atoms with van der Waals surface area (Å²) in [6.45, 7) is 3.50. The standard InChI is InChI=1S/C21H23N3O2/c1-16-14-18-10-5-6-11-19(18)24(16)13-7-12-22-20(25)15-23-21(26)17-8-3-2-4-9-17/h2-6,8-11,14H,7,12-13,15H2,1H3,(H,22,25)(H,23,26). The van der Waals surface area contributed by atoms with Crippen LogP contribution in [-0.2, 0) is 11.3 Å². The first-order chi connectivity index (χ1) is 12.6. The lowest BCUT2D eigenvalue weighted by Gasteiger charge is -2.10. The summed E-state index contributed by atoms with van der Waals surface area (Å²) in [7, 11) is 0. The van der Waals surface area contributed by atoms with Gasteiger partial charge in [0.15, 0.2) is 0 Å². The van der Waals surface area contributed by atoms with Crippen molar-refractivity contribution >= 4 is 22.7 Å². The maximum absolute atomic E-state index is 11.9. The molecule has 0 atom stereocenters. The lowest BCUT2D eigenvalue weighted by Crippen LogP contribution is -2.37. The Hall–Kier alpha value is -3.08. The smallest absolute Gasteiger partial charge is 0.251 e. The van der Waals surface area contributed by atoms with E-state index < -0.39 is 0 Å². The van der Waals surface area contributed by atoms with E-state index in [0.29, 0.717) is 12.1 Å². The Balaban J connectivity index is 1.41. The molecule has 0 spiro atoms. The fourth-order valence-corrected chi connectivity index (χ4v) is 3.02. The molecule has 0 radical (unpaired) electrons. The number of hydrogen-bond donors (Lipinski definition) is 2. The molecule has 5 nitrogen and oxygen atoms in total. The molecule has 1 heterocycles. The third-order valence-corrected chi connectivity index (χ3v) is 4.34. The number of benzene rings is 2. The second kappa shape index (κ2) is 8.34. The molecule has 0 aliphatic heterocycles. The number of fused-ring (bicyclic) bond motifs is 1. The van der Waals surface area contributed by atoms with Crippen LogP contribution in [0.1, 0.15) is 22.5 Å². The molecule has 0 fully saturated rings. The van der Waals surface area contributed by atoms with Gasteiger partial charge in [-0.2, -0.15) is 0 Å². The zero-order valence-corrected chi connectivity index (χ0v) is 14.9. The van der Waals surface area contributed by atoms with Gasteiger partial charge in [0.1, 0.15) is 0 Å². The quantitative estimate of drug-likeness (QED) is 0.644. The van der Waals surface area contributed by atoms with Crippen LogP contribution in [0, 0.1) is 6.92 Å². The summed E-state index contributed by atoms with van der Waals surface area (Å²) in [5.41, 5.74) is 2.98. The number of nitrogens with one attached hydrogen (secondary N) is 2. The van der Waals surface area contributed by atoms with E-state index in [1.165, 1.54) is 16.6 Å². The molecule has 0 saturated heterocycles. The molecule has 3 rings (SSSR count).